The number of hydrogen-bond acceptors (Lipinski definition) is 2. The minimum atomic E-state index is 0. The molecule has 1 N–H and O–H groups in total. The molecule has 0 aromatic carbocycles. The molecule has 0 aliphatic carbocycles. The summed E-state index contributed by atoms with van der Waals surface area (Å²) in [5.74, 6) is 0. The van der Waals surface area contributed by atoms with Gasteiger partial charge in [-0.25, -0.2) is 0 Å². The van der Waals surface area contributed by atoms with E-state index in [4.69, 9.17) is 0 Å². The number of thiophene rings is 1. The summed E-state index contributed by atoms with van der Waals surface area (Å²) in [5.41, 5.74) is 0. The maximum absolute atomic E-state index is 3.47. The summed E-state index contributed by atoms with van der Waals surface area (Å²) in [6.45, 7) is 1.20. The fourth-order valence-corrected chi connectivity index (χ4v) is 2.25. The molecule has 0 amide bonds. The fraction of sp³-hybridized carbons (Fsp3) is 0.500. The molecule has 1 fully saturated rings. The van der Waals surface area contributed by atoms with Crippen molar-refractivity contribution >= 4 is 23.7 Å². The van der Waals surface area contributed by atoms with E-state index >= 15 is 0 Å². The lowest BCUT2D eigenvalue weighted by molar-refractivity contribution is 0.660. The first-order chi connectivity index (χ1) is 4.97. The first-order valence-electron chi connectivity index (χ1n) is 3.73. The summed E-state index contributed by atoms with van der Waals surface area (Å²) in [5, 5.41) is 5.62. The van der Waals surface area contributed by atoms with Crippen molar-refractivity contribution in [3.8, 4) is 0 Å². The van der Waals surface area contributed by atoms with Crippen LogP contribution in [0.2, 0.25) is 0 Å². The van der Waals surface area contributed by atoms with Crippen LogP contribution in [0, 0.1) is 0 Å². The Morgan fingerprint density at radius 1 is 1.55 bits per heavy atom. The van der Waals surface area contributed by atoms with Crippen molar-refractivity contribution in [1.82, 2.24) is 5.32 Å². The molecule has 0 bridgehead atoms. The average Bonchev–Trinajstić information content (AvgIpc) is 2.59. The predicted octanol–water partition coefficient (Wildman–Crippen LogP) is 2.59. The topological polar surface area (TPSA) is 12.0 Å². The molecule has 2 heterocycles. The van der Waals surface area contributed by atoms with Crippen LogP contribution in [0.3, 0.4) is 0 Å². The van der Waals surface area contributed by atoms with Gasteiger partial charge in [0.15, 0.2) is 0 Å². The van der Waals surface area contributed by atoms with Crippen molar-refractivity contribution in [1.29, 1.82) is 0 Å². The summed E-state index contributed by atoms with van der Waals surface area (Å²) in [4.78, 5) is 1.50. The Kier molecular flexibility index (Phi) is 3.37. The molecule has 0 saturated carbocycles. The van der Waals surface area contributed by atoms with Crippen LogP contribution in [-0.4, -0.2) is 6.54 Å². The number of halogens is 1. The standard InChI is InChI=1S/C8H11NS.ClH/c1-3-7(9-5-1)8-4-2-6-10-8;/h2,4,6-7,9H,1,3,5H2;1H. The fourth-order valence-electron chi connectivity index (χ4n) is 1.42. The molecule has 62 valence electrons. The highest BCUT2D eigenvalue weighted by Crippen LogP contribution is 2.26. The van der Waals surface area contributed by atoms with Gasteiger partial charge in [0.05, 0.1) is 0 Å². The van der Waals surface area contributed by atoms with Crippen molar-refractivity contribution < 1.29 is 0 Å². The van der Waals surface area contributed by atoms with E-state index in [2.05, 4.69) is 22.8 Å². The van der Waals surface area contributed by atoms with Gasteiger partial charge in [0.2, 0.25) is 0 Å². The normalized spacial score (nSPS) is 23.1. The van der Waals surface area contributed by atoms with E-state index in [1.807, 2.05) is 11.3 Å². The number of nitrogens with one attached hydrogen (secondary N) is 1. The zero-order valence-corrected chi connectivity index (χ0v) is 7.88. The molecule has 1 aliphatic rings. The first kappa shape index (κ1) is 9.04. The Morgan fingerprint density at radius 2 is 2.45 bits per heavy atom. The second kappa shape index (κ2) is 4.10. The van der Waals surface area contributed by atoms with Gasteiger partial charge in [-0.2, -0.15) is 0 Å². The molecule has 1 unspecified atom stereocenters. The minimum Gasteiger partial charge on any atom is -0.309 e. The van der Waals surface area contributed by atoms with E-state index in [1.54, 1.807) is 0 Å². The average molecular weight is 190 g/mol. The third kappa shape index (κ3) is 1.95. The van der Waals surface area contributed by atoms with Crippen LogP contribution < -0.4 is 5.32 Å². The van der Waals surface area contributed by atoms with Crippen molar-refractivity contribution in [2.24, 2.45) is 0 Å². The summed E-state index contributed by atoms with van der Waals surface area (Å²) in [6, 6.07) is 5.01. The van der Waals surface area contributed by atoms with Gasteiger partial charge in [-0.15, -0.1) is 23.7 Å². The largest absolute Gasteiger partial charge is 0.309 e. The molecule has 2 rings (SSSR count). The van der Waals surface area contributed by atoms with E-state index in [1.165, 1.54) is 24.3 Å². The molecule has 3 heteroatoms. The van der Waals surface area contributed by atoms with Gasteiger partial charge in [-0.1, -0.05) is 6.07 Å². The number of hydrogen-bond donors (Lipinski definition) is 1. The Hall–Kier alpha value is -0.0500. The highest BCUT2D eigenvalue weighted by Gasteiger charge is 2.15. The summed E-state index contributed by atoms with van der Waals surface area (Å²) in [6.07, 6.45) is 2.66. The van der Waals surface area contributed by atoms with Gasteiger partial charge >= 0.3 is 0 Å². The Labute approximate surface area is 77.2 Å². The first-order valence-corrected chi connectivity index (χ1v) is 4.61. The molecular formula is C8H12ClNS. The molecule has 1 aromatic rings. The minimum absolute atomic E-state index is 0. The van der Waals surface area contributed by atoms with E-state index in [0.29, 0.717) is 6.04 Å². The molecule has 1 aliphatic heterocycles. The molecule has 0 radical (unpaired) electrons. The molecule has 1 atom stereocenters. The summed E-state index contributed by atoms with van der Waals surface area (Å²) in [7, 11) is 0. The summed E-state index contributed by atoms with van der Waals surface area (Å²) < 4.78 is 0. The predicted molar refractivity (Wildman–Crippen MR) is 51.5 cm³/mol. The quantitative estimate of drug-likeness (QED) is 0.716. The van der Waals surface area contributed by atoms with Gasteiger partial charge in [-0.05, 0) is 30.8 Å². The maximum Gasteiger partial charge on any atom is 0.0415 e. The Bertz CT molecular complexity index is 192. The van der Waals surface area contributed by atoms with Gasteiger partial charge in [0, 0.05) is 10.9 Å². The molecule has 1 aromatic heterocycles. The van der Waals surface area contributed by atoms with Crippen LogP contribution in [0.4, 0.5) is 0 Å². The zero-order chi connectivity index (χ0) is 6.81. The van der Waals surface area contributed by atoms with Gasteiger partial charge in [-0.3, -0.25) is 0 Å². The van der Waals surface area contributed by atoms with Gasteiger partial charge < -0.3 is 5.32 Å². The SMILES string of the molecule is Cl.c1csc(C2CCCN2)c1. The monoisotopic (exact) mass is 189 g/mol. The molecule has 1 saturated heterocycles. The molecule has 1 nitrogen and oxygen atoms in total. The number of rotatable bonds is 1. The lowest BCUT2D eigenvalue weighted by atomic mass is 10.2. The lowest BCUT2D eigenvalue weighted by Gasteiger charge is -2.04. The highest BCUT2D eigenvalue weighted by molar-refractivity contribution is 7.10. The van der Waals surface area contributed by atoms with Crippen molar-refractivity contribution in [2.75, 3.05) is 6.54 Å². The Morgan fingerprint density at radius 3 is 3.00 bits per heavy atom. The Balaban J connectivity index is 0.000000605. The molecule has 11 heavy (non-hydrogen) atoms. The van der Waals surface area contributed by atoms with Crippen LogP contribution in [-0.2, 0) is 0 Å². The van der Waals surface area contributed by atoms with Crippen LogP contribution in [0.25, 0.3) is 0 Å². The van der Waals surface area contributed by atoms with E-state index < -0.39 is 0 Å². The van der Waals surface area contributed by atoms with E-state index in [9.17, 15) is 0 Å². The van der Waals surface area contributed by atoms with Crippen molar-refractivity contribution in [2.45, 2.75) is 18.9 Å². The van der Waals surface area contributed by atoms with E-state index in [0.717, 1.165) is 0 Å². The third-order valence-corrected chi connectivity index (χ3v) is 2.93. The van der Waals surface area contributed by atoms with Crippen molar-refractivity contribution in [3.63, 3.8) is 0 Å². The zero-order valence-electron chi connectivity index (χ0n) is 6.25. The van der Waals surface area contributed by atoms with Crippen LogP contribution in [0.1, 0.15) is 23.8 Å². The second-order valence-corrected chi connectivity index (χ2v) is 3.64. The lowest BCUT2D eigenvalue weighted by Crippen LogP contribution is -2.11. The third-order valence-electron chi connectivity index (χ3n) is 1.95. The highest BCUT2D eigenvalue weighted by atomic mass is 35.5. The summed E-state index contributed by atoms with van der Waals surface area (Å²) >= 11 is 1.86. The smallest absolute Gasteiger partial charge is 0.0415 e. The van der Waals surface area contributed by atoms with Crippen molar-refractivity contribution in [3.05, 3.63) is 22.4 Å². The molecular weight excluding hydrogens is 178 g/mol. The van der Waals surface area contributed by atoms with Gasteiger partial charge in [0.1, 0.15) is 0 Å². The van der Waals surface area contributed by atoms with E-state index in [-0.39, 0.29) is 12.4 Å². The van der Waals surface area contributed by atoms with Crippen LogP contribution in [0.15, 0.2) is 17.5 Å². The van der Waals surface area contributed by atoms with Crippen LogP contribution in [0.5, 0.6) is 0 Å². The second-order valence-electron chi connectivity index (χ2n) is 2.66. The van der Waals surface area contributed by atoms with Gasteiger partial charge in [0.25, 0.3) is 0 Å². The molecule has 0 spiro atoms. The maximum atomic E-state index is 3.47. The van der Waals surface area contributed by atoms with Crippen LogP contribution >= 0.6 is 23.7 Å².